The first-order valence-electron chi connectivity index (χ1n) is 6.34. The predicted molar refractivity (Wildman–Crippen MR) is 73.6 cm³/mol. The Morgan fingerprint density at radius 3 is 2.89 bits per heavy atom. The molecule has 1 aromatic heterocycles. The van der Waals surface area contributed by atoms with Gasteiger partial charge in [-0.05, 0) is 12.8 Å². The Morgan fingerprint density at radius 2 is 2.26 bits per heavy atom. The molecule has 1 heterocycles. The predicted octanol–water partition coefficient (Wildman–Crippen LogP) is 1.39. The Labute approximate surface area is 117 Å². The van der Waals surface area contributed by atoms with E-state index in [1.807, 2.05) is 0 Å². The molecule has 1 aromatic rings. The van der Waals surface area contributed by atoms with Crippen LogP contribution in [0, 0.1) is 5.92 Å². The molecule has 1 atom stereocenters. The number of hydrogen-bond acceptors (Lipinski definition) is 7. The third-order valence-electron chi connectivity index (χ3n) is 2.21. The molecule has 0 fully saturated rings. The maximum absolute atomic E-state index is 11.3. The van der Waals surface area contributed by atoms with E-state index in [-0.39, 0.29) is 5.97 Å². The molecule has 0 radical (unpaired) electrons. The largest absolute Gasteiger partial charge is 0.465 e. The highest BCUT2D eigenvalue weighted by Crippen LogP contribution is 2.13. The second kappa shape index (κ2) is 8.16. The summed E-state index contributed by atoms with van der Waals surface area (Å²) in [7, 11) is 0. The third kappa shape index (κ3) is 6.07. The molecule has 108 valence electrons. The number of nitrogens with zero attached hydrogens (tertiary/aromatic N) is 2. The molecule has 1 unspecified atom stereocenters. The standard InChI is InChI=1S/C12H21N3O3S/c1-4-17-12(16)9(13)6-19-7-11-14-10(15-18-11)5-8(2)3/h8-9H,4-7,13H2,1-3H3. The van der Waals surface area contributed by atoms with Crippen molar-refractivity contribution in [2.75, 3.05) is 12.4 Å². The van der Waals surface area contributed by atoms with Crippen LogP contribution in [0.2, 0.25) is 0 Å². The van der Waals surface area contributed by atoms with Crippen LogP contribution in [-0.2, 0) is 21.7 Å². The summed E-state index contributed by atoms with van der Waals surface area (Å²) in [4.78, 5) is 15.6. The van der Waals surface area contributed by atoms with E-state index in [2.05, 4.69) is 24.0 Å². The maximum Gasteiger partial charge on any atom is 0.323 e. The van der Waals surface area contributed by atoms with E-state index in [4.69, 9.17) is 15.0 Å². The second-order valence-corrected chi connectivity index (χ2v) is 5.61. The highest BCUT2D eigenvalue weighted by atomic mass is 32.2. The van der Waals surface area contributed by atoms with Gasteiger partial charge in [0, 0.05) is 12.2 Å². The van der Waals surface area contributed by atoms with Gasteiger partial charge in [0.05, 0.1) is 12.4 Å². The van der Waals surface area contributed by atoms with Gasteiger partial charge in [0.2, 0.25) is 5.89 Å². The van der Waals surface area contributed by atoms with Crippen molar-refractivity contribution in [3.05, 3.63) is 11.7 Å². The lowest BCUT2D eigenvalue weighted by atomic mass is 10.1. The smallest absolute Gasteiger partial charge is 0.323 e. The summed E-state index contributed by atoms with van der Waals surface area (Å²) < 4.78 is 9.94. The first-order valence-corrected chi connectivity index (χ1v) is 7.49. The van der Waals surface area contributed by atoms with Crippen molar-refractivity contribution < 1.29 is 14.1 Å². The monoisotopic (exact) mass is 287 g/mol. The number of thioether (sulfide) groups is 1. The number of rotatable bonds is 8. The van der Waals surface area contributed by atoms with Crippen molar-refractivity contribution in [1.29, 1.82) is 0 Å². The molecule has 1 rings (SSSR count). The summed E-state index contributed by atoms with van der Waals surface area (Å²) in [5.74, 6) is 2.44. The second-order valence-electron chi connectivity index (χ2n) is 4.58. The van der Waals surface area contributed by atoms with Crippen molar-refractivity contribution in [2.45, 2.75) is 39.0 Å². The molecule has 0 amide bonds. The average molecular weight is 287 g/mol. The quantitative estimate of drug-likeness (QED) is 0.722. The number of carbonyl (C=O) groups excluding carboxylic acids is 1. The number of hydrogen-bond donors (Lipinski definition) is 1. The summed E-state index contributed by atoms with van der Waals surface area (Å²) >= 11 is 1.48. The molecule has 0 bridgehead atoms. The van der Waals surface area contributed by atoms with Gasteiger partial charge in [-0.25, -0.2) is 0 Å². The van der Waals surface area contributed by atoms with Crippen molar-refractivity contribution in [3.63, 3.8) is 0 Å². The van der Waals surface area contributed by atoms with Crippen molar-refractivity contribution >= 4 is 17.7 Å². The summed E-state index contributed by atoms with van der Waals surface area (Å²) in [6.07, 6.45) is 0.802. The molecule has 0 saturated heterocycles. The molecule has 2 N–H and O–H groups in total. The van der Waals surface area contributed by atoms with Gasteiger partial charge in [-0.15, -0.1) is 11.8 Å². The van der Waals surface area contributed by atoms with Crippen LogP contribution in [-0.4, -0.2) is 34.5 Å². The fourth-order valence-electron chi connectivity index (χ4n) is 1.39. The molecule has 6 nitrogen and oxygen atoms in total. The van der Waals surface area contributed by atoms with Crippen molar-refractivity contribution in [2.24, 2.45) is 11.7 Å². The lowest BCUT2D eigenvalue weighted by Gasteiger charge is -2.08. The summed E-state index contributed by atoms with van der Waals surface area (Å²) in [5, 5.41) is 3.90. The number of esters is 1. The minimum atomic E-state index is -0.608. The average Bonchev–Trinajstić information content (AvgIpc) is 2.76. The molecule has 0 spiro atoms. The van der Waals surface area contributed by atoms with Gasteiger partial charge in [0.15, 0.2) is 5.82 Å². The first kappa shape index (κ1) is 16.0. The van der Waals surface area contributed by atoms with Gasteiger partial charge in [-0.3, -0.25) is 4.79 Å². The first-order chi connectivity index (χ1) is 9.02. The Kier molecular flexibility index (Phi) is 6.86. The Balaban J connectivity index is 2.29. The Hall–Kier alpha value is -1.08. The van der Waals surface area contributed by atoms with Crippen LogP contribution >= 0.6 is 11.8 Å². The molecule has 0 aliphatic rings. The van der Waals surface area contributed by atoms with Crippen LogP contribution in [0.25, 0.3) is 0 Å². The van der Waals surface area contributed by atoms with E-state index in [1.165, 1.54) is 11.8 Å². The van der Waals surface area contributed by atoms with E-state index >= 15 is 0 Å². The molecule has 0 aromatic carbocycles. The van der Waals surface area contributed by atoms with Crippen molar-refractivity contribution in [1.82, 2.24) is 10.1 Å². The highest BCUT2D eigenvalue weighted by molar-refractivity contribution is 7.98. The minimum Gasteiger partial charge on any atom is -0.465 e. The van der Waals surface area contributed by atoms with Gasteiger partial charge in [0.1, 0.15) is 6.04 Å². The molecule has 0 aliphatic carbocycles. The molecular weight excluding hydrogens is 266 g/mol. The Morgan fingerprint density at radius 1 is 1.53 bits per heavy atom. The van der Waals surface area contributed by atoms with E-state index in [0.29, 0.717) is 29.9 Å². The van der Waals surface area contributed by atoms with Crippen molar-refractivity contribution in [3.8, 4) is 0 Å². The van der Waals surface area contributed by atoms with Crippen LogP contribution in [0.1, 0.15) is 32.5 Å². The topological polar surface area (TPSA) is 91.2 Å². The summed E-state index contributed by atoms with van der Waals surface area (Å²) in [5.41, 5.74) is 5.68. The normalized spacial score (nSPS) is 12.7. The van der Waals surface area contributed by atoms with E-state index in [0.717, 1.165) is 12.2 Å². The van der Waals surface area contributed by atoms with Gasteiger partial charge in [-0.2, -0.15) is 4.98 Å². The van der Waals surface area contributed by atoms with Crippen LogP contribution in [0.15, 0.2) is 4.52 Å². The van der Waals surface area contributed by atoms with Gasteiger partial charge in [0.25, 0.3) is 0 Å². The van der Waals surface area contributed by atoms with Gasteiger partial charge >= 0.3 is 5.97 Å². The number of nitrogens with two attached hydrogens (primary N) is 1. The van der Waals surface area contributed by atoms with Crippen LogP contribution < -0.4 is 5.73 Å². The number of aromatic nitrogens is 2. The fraction of sp³-hybridized carbons (Fsp3) is 0.750. The highest BCUT2D eigenvalue weighted by Gasteiger charge is 2.15. The summed E-state index contributed by atoms with van der Waals surface area (Å²) in [6, 6.07) is -0.608. The third-order valence-corrected chi connectivity index (χ3v) is 3.26. The molecule has 7 heteroatoms. The fourth-order valence-corrected chi connectivity index (χ4v) is 2.19. The molecular formula is C12H21N3O3S. The van der Waals surface area contributed by atoms with Crippen LogP contribution in [0.5, 0.6) is 0 Å². The zero-order valence-corrected chi connectivity index (χ0v) is 12.4. The van der Waals surface area contributed by atoms with Crippen LogP contribution in [0.4, 0.5) is 0 Å². The van der Waals surface area contributed by atoms with Crippen LogP contribution in [0.3, 0.4) is 0 Å². The van der Waals surface area contributed by atoms with E-state index in [9.17, 15) is 4.79 Å². The summed E-state index contributed by atoms with van der Waals surface area (Å²) in [6.45, 7) is 6.30. The van der Waals surface area contributed by atoms with Gasteiger partial charge < -0.3 is 15.0 Å². The minimum absolute atomic E-state index is 0.347. The molecule has 19 heavy (non-hydrogen) atoms. The lowest BCUT2D eigenvalue weighted by Crippen LogP contribution is -2.34. The number of carbonyl (C=O) groups is 1. The maximum atomic E-state index is 11.3. The van der Waals surface area contributed by atoms with E-state index in [1.54, 1.807) is 6.92 Å². The van der Waals surface area contributed by atoms with E-state index < -0.39 is 6.04 Å². The van der Waals surface area contributed by atoms with Gasteiger partial charge in [-0.1, -0.05) is 19.0 Å². The zero-order valence-electron chi connectivity index (χ0n) is 11.6. The number of ether oxygens (including phenoxy) is 1. The SMILES string of the molecule is CCOC(=O)C(N)CSCc1nc(CC(C)C)no1. The molecule has 0 aliphatic heterocycles. The zero-order chi connectivity index (χ0) is 14.3. The Bertz CT molecular complexity index is 395. The molecule has 0 saturated carbocycles. The lowest BCUT2D eigenvalue weighted by molar-refractivity contribution is -0.144.